The zero-order chi connectivity index (χ0) is 17.6. The van der Waals surface area contributed by atoms with Gasteiger partial charge in [0.15, 0.2) is 0 Å². The highest BCUT2D eigenvalue weighted by Gasteiger charge is 2.22. The van der Waals surface area contributed by atoms with Crippen LogP contribution in [-0.2, 0) is 11.2 Å². The highest BCUT2D eigenvalue weighted by atomic mass is 16.2. The summed E-state index contributed by atoms with van der Waals surface area (Å²) in [4.78, 5) is 16.9. The molecule has 1 aliphatic heterocycles. The normalized spacial score (nSPS) is 15.8. The molecule has 1 N–H and O–H groups in total. The second kappa shape index (κ2) is 8.12. The number of hydrogen-bond donors (Lipinski definition) is 1. The Morgan fingerprint density at radius 3 is 2.52 bits per heavy atom. The molecule has 132 valence electrons. The van der Waals surface area contributed by atoms with E-state index in [1.165, 1.54) is 5.56 Å². The van der Waals surface area contributed by atoms with Gasteiger partial charge < -0.3 is 4.90 Å². The zero-order valence-corrected chi connectivity index (χ0v) is 15.0. The van der Waals surface area contributed by atoms with Crippen LogP contribution < -0.4 is 0 Å². The molecule has 1 aliphatic rings. The molecule has 2 heterocycles. The fraction of sp³-hybridized carbons (Fsp3) is 0.400. The molecule has 0 atom stereocenters. The van der Waals surface area contributed by atoms with Crippen molar-refractivity contribution in [2.24, 2.45) is 0 Å². The van der Waals surface area contributed by atoms with Gasteiger partial charge in [-0.05, 0) is 19.4 Å². The number of nitrogens with one attached hydrogen (secondary N) is 1. The maximum Gasteiger partial charge on any atom is 0.227 e. The number of H-pyrrole nitrogens is 1. The van der Waals surface area contributed by atoms with Crippen LogP contribution in [0.3, 0.4) is 0 Å². The van der Waals surface area contributed by atoms with Gasteiger partial charge >= 0.3 is 0 Å². The Morgan fingerprint density at radius 2 is 1.88 bits per heavy atom. The zero-order valence-electron chi connectivity index (χ0n) is 15.0. The molecule has 0 unspecified atom stereocenters. The van der Waals surface area contributed by atoms with E-state index in [2.05, 4.69) is 39.4 Å². The van der Waals surface area contributed by atoms with Gasteiger partial charge in [-0.15, -0.1) is 0 Å². The van der Waals surface area contributed by atoms with Gasteiger partial charge in [-0.1, -0.05) is 42.5 Å². The van der Waals surface area contributed by atoms with Gasteiger partial charge in [0.05, 0.1) is 12.1 Å². The maximum atomic E-state index is 12.5. The fourth-order valence-corrected chi connectivity index (χ4v) is 3.18. The molecule has 2 aromatic rings. The van der Waals surface area contributed by atoms with Gasteiger partial charge in [0.1, 0.15) is 0 Å². The molecule has 0 bridgehead atoms. The number of benzene rings is 1. The number of piperazine rings is 1. The van der Waals surface area contributed by atoms with Crippen molar-refractivity contribution in [3.05, 3.63) is 58.9 Å². The van der Waals surface area contributed by atoms with E-state index in [4.69, 9.17) is 0 Å². The molecule has 1 aromatic heterocycles. The number of aromatic amines is 1. The largest absolute Gasteiger partial charge is 0.340 e. The summed E-state index contributed by atoms with van der Waals surface area (Å²) < 4.78 is 0. The van der Waals surface area contributed by atoms with Crippen molar-refractivity contribution < 1.29 is 4.79 Å². The lowest BCUT2D eigenvalue weighted by Gasteiger charge is -2.34. The summed E-state index contributed by atoms with van der Waals surface area (Å²) in [5.41, 5.74) is 4.19. The van der Waals surface area contributed by atoms with Gasteiger partial charge in [-0.3, -0.25) is 14.8 Å². The number of aryl methyl sites for hydroxylation is 2. The third kappa shape index (κ3) is 4.57. The van der Waals surface area contributed by atoms with Gasteiger partial charge in [0.25, 0.3) is 0 Å². The lowest BCUT2D eigenvalue weighted by atomic mass is 10.1. The first-order valence-electron chi connectivity index (χ1n) is 8.85. The predicted octanol–water partition coefficient (Wildman–Crippen LogP) is 2.43. The Balaban J connectivity index is 1.45. The summed E-state index contributed by atoms with van der Waals surface area (Å²) in [6.07, 6.45) is 4.80. The number of carbonyl (C=O) groups excluding carboxylic acids is 1. The number of aromatic nitrogens is 2. The number of carbonyl (C=O) groups is 1. The van der Waals surface area contributed by atoms with Crippen molar-refractivity contribution in [1.29, 1.82) is 0 Å². The molecule has 0 aliphatic carbocycles. The summed E-state index contributed by atoms with van der Waals surface area (Å²) in [6.45, 7) is 8.30. The minimum absolute atomic E-state index is 0.201. The summed E-state index contributed by atoms with van der Waals surface area (Å²) in [5, 5.41) is 7.13. The first-order valence-corrected chi connectivity index (χ1v) is 8.85. The van der Waals surface area contributed by atoms with E-state index in [9.17, 15) is 4.79 Å². The van der Waals surface area contributed by atoms with Crippen LogP contribution in [0.15, 0.2) is 36.4 Å². The molecule has 1 fully saturated rings. The highest BCUT2D eigenvalue weighted by Crippen LogP contribution is 2.13. The van der Waals surface area contributed by atoms with Crippen LogP contribution in [0.4, 0.5) is 0 Å². The predicted molar refractivity (Wildman–Crippen MR) is 100 cm³/mol. The molecule has 0 spiro atoms. The molecular formula is C20H26N4O. The number of hydrogen-bond acceptors (Lipinski definition) is 3. The molecule has 1 aromatic carbocycles. The van der Waals surface area contributed by atoms with E-state index >= 15 is 0 Å². The van der Waals surface area contributed by atoms with Gasteiger partial charge in [-0.25, -0.2) is 0 Å². The highest BCUT2D eigenvalue weighted by molar-refractivity contribution is 5.79. The van der Waals surface area contributed by atoms with E-state index in [1.807, 2.05) is 36.9 Å². The van der Waals surface area contributed by atoms with Crippen molar-refractivity contribution in [1.82, 2.24) is 20.0 Å². The molecule has 0 radical (unpaired) electrons. The first kappa shape index (κ1) is 17.4. The van der Waals surface area contributed by atoms with Crippen molar-refractivity contribution >= 4 is 12.0 Å². The number of nitrogens with zero attached hydrogens (tertiary/aromatic N) is 3. The van der Waals surface area contributed by atoms with Crippen LogP contribution in [-0.4, -0.2) is 58.6 Å². The number of rotatable bonds is 5. The van der Waals surface area contributed by atoms with E-state index in [1.54, 1.807) is 0 Å². The van der Waals surface area contributed by atoms with Gasteiger partial charge in [0, 0.05) is 44.0 Å². The Kier molecular flexibility index (Phi) is 5.66. The molecule has 5 nitrogen and oxygen atoms in total. The molecule has 25 heavy (non-hydrogen) atoms. The summed E-state index contributed by atoms with van der Waals surface area (Å²) in [6, 6.07) is 10.3. The number of amides is 1. The van der Waals surface area contributed by atoms with Crippen LogP contribution in [0.25, 0.3) is 6.08 Å². The lowest BCUT2D eigenvalue weighted by Crippen LogP contribution is -2.49. The topological polar surface area (TPSA) is 52.2 Å². The van der Waals surface area contributed by atoms with Crippen molar-refractivity contribution in [2.75, 3.05) is 32.7 Å². The summed E-state index contributed by atoms with van der Waals surface area (Å²) >= 11 is 0. The van der Waals surface area contributed by atoms with Gasteiger partial charge in [0.2, 0.25) is 5.91 Å². The standard InChI is InChI=1S/C20H26N4O/c1-16-19(17(2)22-21-16)15-20(25)24-13-11-23(12-14-24)10-6-9-18-7-4-3-5-8-18/h3-9H,10-15H2,1-2H3,(H,21,22). The molecule has 3 rings (SSSR count). The average Bonchev–Trinajstić information content (AvgIpc) is 2.95. The van der Waals surface area contributed by atoms with Gasteiger partial charge in [-0.2, -0.15) is 5.10 Å². The monoisotopic (exact) mass is 338 g/mol. The van der Waals surface area contributed by atoms with Crippen LogP contribution in [0.2, 0.25) is 0 Å². The van der Waals surface area contributed by atoms with E-state index < -0.39 is 0 Å². The molecule has 1 saturated heterocycles. The molecule has 5 heteroatoms. The Hall–Kier alpha value is -2.40. The fourth-order valence-electron chi connectivity index (χ4n) is 3.18. The van der Waals surface area contributed by atoms with Crippen molar-refractivity contribution in [3.63, 3.8) is 0 Å². The van der Waals surface area contributed by atoms with Crippen molar-refractivity contribution in [3.8, 4) is 0 Å². The van der Waals surface area contributed by atoms with Crippen molar-refractivity contribution in [2.45, 2.75) is 20.3 Å². The summed E-state index contributed by atoms with van der Waals surface area (Å²) in [7, 11) is 0. The minimum Gasteiger partial charge on any atom is -0.340 e. The third-order valence-electron chi connectivity index (χ3n) is 4.81. The SMILES string of the molecule is Cc1n[nH]c(C)c1CC(=O)N1CCN(CC=Cc2ccccc2)CC1. The molecule has 1 amide bonds. The Labute approximate surface area is 149 Å². The van der Waals surface area contributed by atoms with Crippen LogP contribution in [0, 0.1) is 13.8 Å². The second-order valence-electron chi connectivity index (χ2n) is 6.58. The average molecular weight is 338 g/mol. The quantitative estimate of drug-likeness (QED) is 0.911. The van der Waals surface area contributed by atoms with Crippen LogP contribution >= 0.6 is 0 Å². The third-order valence-corrected chi connectivity index (χ3v) is 4.81. The Morgan fingerprint density at radius 1 is 1.16 bits per heavy atom. The second-order valence-corrected chi connectivity index (χ2v) is 6.58. The first-order chi connectivity index (χ1) is 12.1. The smallest absolute Gasteiger partial charge is 0.227 e. The van der Waals surface area contributed by atoms with Crippen LogP contribution in [0.5, 0.6) is 0 Å². The van der Waals surface area contributed by atoms with E-state index in [-0.39, 0.29) is 5.91 Å². The molecule has 0 saturated carbocycles. The molecular weight excluding hydrogens is 312 g/mol. The lowest BCUT2D eigenvalue weighted by molar-refractivity contribution is -0.132. The van der Waals surface area contributed by atoms with Crippen LogP contribution in [0.1, 0.15) is 22.5 Å². The maximum absolute atomic E-state index is 12.5. The minimum atomic E-state index is 0.201. The van der Waals surface area contributed by atoms with E-state index in [0.29, 0.717) is 6.42 Å². The Bertz CT molecular complexity index is 708. The summed E-state index contributed by atoms with van der Waals surface area (Å²) in [5.74, 6) is 0.201. The van der Waals surface area contributed by atoms with E-state index in [0.717, 1.165) is 49.7 Å².